The summed E-state index contributed by atoms with van der Waals surface area (Å²) in [7, 11) is 0. The number of likely N-dealkylation sites (tertiary alicyclic amines) is 1. The third kappa shape index (κ3) is 4.33. The van der Waals surface area contributed by atoms with Gasteiger partial charge in [0, 0.05) is 31.6 Å². The fraction of sp³-hybridized carbons (Fsp3) is 0.632. The van der Waals surface area contributed by atoms with Crippen LogP contribution in [0.5, 0.6) is 0 Å². The minimum Gasteiger partial charge on any atom is -0.342 e. The predicted molar refractivity (Wildman–Crippen MR) is 91.6 cm³/mol. The number of amides is 1. The molecule has 3 heteroatoms. The number of benzene rings is 1. The molecule has 2 rings (SSSR count). The van der Waals surface area contributed by atoms with Crippen LogP contribution in [0.2, 0.25) is 0 Å². The van der Waals surface area contributed by atoms with Gasteiger partial charge in [0.15, 0.2) is 0 Å². The molecule has 1 N–H and O–H groups in total. The molecule has 0 spiro atoms. The highest BCUT2D eigenvalue weighted by atomic mass is 16.2. The van der Waals surface area contributed by atoms with E-state index in [1.165, 1.54) is 11.1 Å². The fourth-order valence-corrected chi connectivity index (χ4v) is 3.16. The molecule has 2 atom stereocenters. The van der Waals surface area contributed by atoms with Crippen LogP contribution < -0.4 is 5.32 Å². The molecule has 0 bridgehead atoms. The van der Waals surface area contributed by atoms with E-state index < -0.39 is 0 Å². The smallest absolute Gasteiger partial charge is 0.225 e. The summed E-state index contributed by atoms with van der Waals surface area (Å²) in [4.78, 5) is 14.1. The van der Waals surface area contributed by atoms with Crippen molar-refractivity contribution in [2.75, 3.05) is 13.1 Å². The zero-order chi connectivity index (χ0) is 16.1. The average Bonchev–Trinajstić information content (AvgIpc) is 2.53. The molecule has 1 saturated heterocycles. The first-order valence-corrected chi connectivity index (χ1v) is 8.61. The van der Waals surface area contributed by atoms with Gasteiger partial charge in [-0.25, -0.2) is 0 Å². The Morgan fingerprint density at radius 2 is 1.91 bits per heavy atom. The highest BCUT2D eigenvalue weighted by molar-refractivity contribution is 5.78. The highest BCUT2D eigenvalue weighted by Crippen LogP contribution is 2.19. The summed E-state index contributed by atoms with van der Waals surface area (Å²) < 4.78 is 0. The lowest BCUT2D eigenvalue weighted by molar-refractivity contribution is -0.136. The van der Waals surface area contributed by atoms with Crippen LogP contribution in [0.3, 0.4) is 0 Å². The Balaban J connectivity index is 1.83. The molecular weight excluding hydrogens is 272 g/mol. The number of carbonyl (C=O) groups is 1. The first-order valence-electron chi connectivity index (χ1n) is 8.61. The van der Waals surface area contributed by atoms with E-state index in [1.54, 1.807) is 0 Å². The van der Waals surface area contributed by atoms with Crippen molar-refractivity contribution in [2.24, 2.45) is 11.8 Å². The summed E-state index contributed by atoms with van der Waals surface area (Å²) in [5.74, 6) is 0.903. The Labute approximate surface area is 135 Å². The van der Waals surface area contributed by atoms with Gasteiger partial charge >= 0.3 is 0 Å². The minimum absolute atomic E-state index is 0.105. The molecule has 1 fully saturated rings. The fourth-order valence-electron chi connectivity index (χ4n) is 3.16. The molecule has 3 nitrogen and oxygen atoms in total. The zero-order valence-corrected chi connectivity index (χ0v) is 14.4. The quantitative estimate of drug-likeness (QED) is 0.905. The van der Waals surface area contributed by atoms with Gasteiger partial charge in [-0.3, -0.25) is 4.79 Å². The second-order valence-electron chi connectivity index (χ2n) is 6.86. The standard InChI is InChI=1S/C19H30N2O/c1-5-16-6-8-17(9-7-16)12-20-18-10-11-21(13-15(18)4)19(22)14(2)3/h6-9,14-15,18,20H,5,10-13H2,1-4H3. The van der Waals surface area contributed by atoms with Crippen LogP contribution >= 0.6 is 0 Å². The van der Waals surface area contributed by atoms with Crippen LogP contribution in [-0.2, 0) is 17.8 Å². The molecule has 0 aliphatic carbocycles. The van der Waals surface area contributed by atoms with Crippen molar-refractivity contribution in [3.8, 4) is 0 Å². The number of hydrogen-bond donors (Lipinski definition) is 1. The van der Waals surface area contributed by atoms with E-state index in [1.807, 2.05) is 18.7 Å². The van der Waals surface area contributed by atoms with Crippen molar-refractivity contribution in [3.05, 3.63) is 35.4 Å². The second kappa shape index (κ2) is 7.77. The van der Waals surface area contributed by atoms with Crippen LogP contribution in [0, 0.1) is 11.8 Å². The van der Waals surface area contributed by atoms with Gasteiger partial charge in [-0.2, -0.15) is 0 Å². The molecule has 0 aromatic heterocycles. The van der Waals surface area contributed by atoms with Crippen LogP contribution in [-0.4, -0.2) is 29.9 Å². The van der Waals surface area contributed by atoms with Crippen molar-refractivity contribution in [2.45, 2.75) is 53.1 Å². The van der Waals surface area contributed by atoms with Gasteiger partial charge in [0.05, 0.1) is 0 Å². The van der Waals surface area contributed by atoms with Gasteiger partial charge in [-0.15, -0.1) is 0 Å². The molecule has 2 unspecified atom stereocenters. The van der Waals surface area contributed by atoms with E-state index >= 15 is 0 Å². The van der Waals surface area contributed by atoms with E-state index in [-0.39, 0.29) is 5.92 Å². The van der Waals surface area contributed by atoms with Gasteiger partial charge in [0.1, 0.15) is 0 Å². The normalized spacial score (nSPS) is 22.1. The van der Waals surface area contributed by atoms with Crippen LogP contribution in [0.4, 0.5) is 0 Å². The maximum Gasteiger partial charge on any atom is 0.225 e. The molecule has 0 saturated carbocycles. The van der Waals surface area contributed by atoms with Gasteiger partial charge in [0.25, 0.3) is 0 Å². The Bertz CT molecular complexity index is 481. The molecule has 1 aromatic carbocycles. The first-order chi connectivity index (χ1) is 10.5. The average molecular weight is 302 g/mol. The summed E-state index contributed by atoms with van der Waals surface area (Å²) in [6.07, 6.45) is 2.14. The van der Waals surface area contributed by atoms with Gasteiger partial charge in [-0.1, -0.05) is 52.0 Å². The SMILES string of the molecule is CCc1ccc(CNC2CCN(C(=O)C(C)C)CC2C)cc1. The minimum atomic E-state index is 0.105. The van der Waals surface area contributed by atoms with E-state index in [2.05, 4.69) is 43.4 Å². The topological polar surface area (TPSA) is 32.3 Å². The molecule has 122 valence electrons. The van der Waals surface area contributed by atoms with Gasteiger partial charge in [-0.05, 0) is 29.9 Å². The van der Waals surface area contributed by atoms with E-state index in [0.29, 0.717) is 17.9 Å². The molecule has 1 amide bonds. The lowest BCUT2D eigenvalue weighted by Crippen LogP contribution is -2.50. The third-order valence-corrected chi connectivity index (χ3v) is 4.71. The highest BCUT2D eigenvalue weighted by Gasteiger charge is 2.29. The van der Waals surface area contributed by atoms with Crippen LogP contribution in [0.15, 0.2) is 24.3 Å². The monoisotopic (exact) mass is 302 g/mol. The third-order valence-electron chi connectivity index (χ3n) is 4.71. The predicted octanol–water partition coefficient (Wildman–Crippen LogP) is 3.23. The number of rotatable bonds is 5. The summed E-state index contributed by atoms with van der Waals surface area (Å²) in [5, 5.41) is 3.68. The van der Waals surface area contributed by atoms with Crippen LogP contribution in [0.25, 0.3) is 0 Å². The Morgan fingerprint density at radius 3 is 2.45 bits per heavy atom. The summed E-state index contributed by atoms with van der Waals surface area (Å²) >= 11 is 0. The lowest BCUT2D eigenvalue weighted by atomic mass is 9.92. The Morgan fingerprint density at radius 1 is 1.27 bits per heavy atom. The number of nitrogens with one attached hydrogen (secondary N) is 1. The maximum absolute atomic E-state index is 12.1. The van der Waals surface area contributed by atoms with Crippen molar-refractivity contribution >= 4 is 5.91 Å². The van der Waals surface area contributed by atoms with Gasteiger partial charge in [0.2, 0.25) is 5.91 Å². The number of aryl methyl sites for hydroxylation is 1. The molecule has 1 aliphatic heterocycles. The van der Waals surface area contributed by atoms with Crippen LogP contribution in [0.1, 0.15) is 45.2 Å². The lowest BCUT2D eigenvalue weighted by Gasteiger charge is -2.38. The summed E-state index contributed by atoms with van der Waals surface area (Å²) in [5.41, 5.74) is 2.72. The van der Waals surface area contributed by atoms with Crippen molar-refractivity contribution in [1.29, 1.82) is 0 Å². The molecule has 1 heterocycles. The summed E-state index contributed by atoms with van der Waals surface area (Å²) in [6, 6.07) is 9.36. The van der Waals surface area contributed by atoms with Crippen molar-refractivity contribution in [1.82, 2.24) is 10.2 Å². The van der Waals surface area contributed by atoms with E-state index in [0.717, 1.165) is 32.5 Å². The Kier molecular flexibility index (Phi) is 6.01. The zero-order valence-electron chi connectivity index (χ0n) is 14.4. The molecule has 22 heavy (non-hydrogen) atoms. The molecular formula is C19H30N2O. The van der Waals surface area contributed by atoms with E-state index in [4.69, 9.17) is 0 Å². The summed E-state index contributed by atoms with van der Waals surface area (Å²) in [6.45, 7) is 11.1. The largest absolute Gasteiger partial charge is 0.342 e. The van der Waals surface area contributed by atoms with Gasteiger partial charge < -0.3 is 10.2 Å². The molecule has 1 aliphatic rings. The van der Waals surface area contributed by atoms with Crippen molar-refractivity contribution < 1.29 is 4.79 Å². The number of hydrogen-bond acceptors (Lipinski definition) is 2. The van der Waals surface area contributed by atoms with Crippen molar-refractivity contribution in [3.63, 3.8) is 0 Å². The first kappa shape index (κ1) is 17.0. The number of nitrogens with zero attached hydrogens (tertiary/aromatic N) is 1. The molecule has 1 aromatic rings. The second-order valence-corrected chi connectivity index (χ2v) is 6.86. The maximum atomic E-state index is 12.1. The Hall–Kier alpha value is -1.35. The number of piperidine rings is 1. The number of carbonyl (C=O) groups excluding carboxylic acids is 1. The molecule has 0 radical (unpaired) electrons. The van der Waals surface area contributed by atoms with E-state index in [9.17, 15) is 4.79 Å².